The van der Waals surface area contributed by atoms with Crippen molar-refractivity contribution >= 4 is 16.9 Å². The molecule has 0 aliphatic carbocycles. The summed E-state index contributed by atoms with van der Waals surface area (Å²) < 4.78 is 30.9. The lowest BCUT2D eigenvalue weighted by Gasteiger charge is -2.18. The summed E-state index contributed by atoms with van der Waals surface area (Å²) >= 11 is 0. The number of alkyl halides is 2. The van der Waals surface area contributed by atoms with Crippen molar-refractivity contribution in [2.45, 2.75) is 59.2 Å². The minimum atomic E-state index is -2.96. The molecule has 33 heavy (non-hydrogen) atoms. The largest absolute Gasteiger partial charge is 0.435 e. The molecule has 2 aromatic heterocycles. The van der Waals surface area contributed by atoms with Crippen LogP contribution in [-0.2, 0) is 6.54 Å². The predicted molar refractivity (Wildman–Crippen MR) is 120 cm³/mol. The summed E-state index contributed by atoms with van der Waals surface area (Å²) in [5, 5.41) is 2.81. The Bertz CT molecular complexity index is 1280. The molecule has 0 radical (unpaired) electrons. The van der Waals surface area contributed by atoms with Gasteiger partial charge in [0, 0.05) is 12.2 Å². The number of nitrogens with zero attached hydrogens (tertiary/aromatic N) is 2. The summed E-state index contributed by atoms with van der Waals surface area (Å²) in [7, 11) is 0. The maximum Gasteiger partial charge on any atom is 0.387 e. The van der Waals surface area contributed by atoms with Crippen LogP contribution in [0.5, 0.6) is 5.75 Å². The molecule has 0 aliphatic heterocycles. The van der Waals surface area contributed by atoms with E-state index in [0.29, 0.717) is 24.2 Å². The number of hydrogen-bond acceptors (Lipinski definition) is 5. The zero-order valence-corrected chi connectivity index (χ0v) is 18.8. The van der Waals surface area contributed by atoms with E-state index in [-0.39, 0.29) is 28.3 Å². The number of nitrogens with one attached hydrogen (secondary N) is 2. The summed E-state index contributed by atoms with van der Waals surface area (Å²) in [5.41, 5.74) is 0.0559. The summed E-state index contributed by atoms with van der Waals surface area (Å²) in [6, 6.07) is 6.98. The number of ether oxygens (including phenoxy) is 1. The molecule has 2 N–H and O–H groups in total. The molecule has 0 bridgehead atoms. The van der Waals surface area contributed by atoms with Gasteiger partial charge in [0.1, 0.15) is 5.75 Å². The second-order valence-electron chi connectivity index (χ2n) is 8.01. The first-order valence-corrected chi connectivity index (χ1v) is 10.7. The Morgan fingerprint density at radius 2 is 1.94 bits per heavy atom. The topological polar surface area (TPSA) is 106 Å². The average molecular weight is 460 g/mol. The van der Waals surface area contributed by atoms with Gasteiger partial charge >= 0.3 is 12.3 Å². The zero-order valence-electron chi connectivity index (χ0n) is 18.8. The van der Waals surface area contributed by atoms with E-state index in [1.54, 1.807) is 25.1 Å². The van der Waals surface area contributed by atoms with Gasteiger partial charge < -0.3 is 10.1 Å². The highest BCUT2D eigenvalue weighted by Crippen LogP contribution is 2.23. The van der Waals surface area contributed by atoms with Gasteiger partial charge in [-0.05, 0) is 43.0 Å². The van der Waals surface area contributed by atoms with Gasteiger partial charge in [-0.1, -0.05) is 32.9 Å². The van der Waals surface area contributed by atoms with Crippen LogP contribution >= 0.6 is 0 Å². The van der Waals surface area contributed by atoms with Crippen molar-refractivity contribution in [1.82, 2.24) is 19.9 Å². The molecule has 8 nitrogen and oxygen atoms in total. The van der Waals surface area contributed by atoms with E-state index < -0.39 is 29.8 Å². The molecule has 2 heterocycles. The van der Waals surface area contributed by atoms with Crippen LogP contribution in [0.15, 0.2) is 39.9 Å². The number of fused-ring (bicyclic) bond motifs is 1. The van der Waals surface area contributed by atoms with Crippen LogP contribution in [0.1, 0.15) is 67.7 Å². The fraction of sp³-hybridized carbons (Fsp3) is 0.391. The molecule has 3 rings (SSSR count). The van der Waals surface area contributed by atoms with Crippen molar-refractivity contribution in [3.05, 3.63) is 68.0 Å². The van der Waals surface area contributed by atoms with E-state index in [2.05, 4.69) is 20.0 Å². The highest BCUT2D eigenvalue weighted by molar-refractivity contribution is 6.05. The molecule has 0 fully saturated rings. The Morgan fingerprint density at radius 3 is 2.58 bits per heavy atom. The predicted octanol–water partition coefficient (Wildman–Crippen LogP) is 3.71. The molecule has 1 atom stereocenters. The molecule has 0 spiro atoms. The number of aromatic nitrogens is 3. The van der Waals surface area contributed by atoms with Crippen LogP contribution in [0, 0.1) is 0 Å². The molecule has 1 aromatic carbocycles. The van der Waals surface area contributed by atoms with Crippen LogP contribution < -0.4 is 21.3 Å². The highest BCUT2D eigenvalue weighted by Gasteiger charge is 2.22. The second-order valence-corrected chi connectivity index (χ2v) is 8.01. The quantitative estimate of drug-likeness (QED) is 0.533. The summed E-state index contributed by atoms with van der Waals surface area (Å²) in [5.74, 6) is -0.643. The van der Waals surface area contributed by atoms with E-state index in [0.717, 1.165) is 0 Å². The van der Waals surface area contributed by atoms with Crippen LogP contribution in [0.4, 0.5) is 8.78 Å². The van der Waals surface area contributed by atoms with Gasteiger partial charge in [0.15, 0.2) is 5.65 Å². The van der Waals surface area contributed by atoms with E-state index in [9.17, 15) is 23.2 Å². The molecule has 10 heteroatoms. The monoisotopic (exact) mass is 460 g/mol. The number of carbonyl (C=O) groups is 1. The summed E-state index contributed by atoms with van der Waals surface area (Å²) in [4.78, 5) is 45.1. The SMILES string of the molecule is CCCn1c(=O)[nH]c(=O)c2c(C(=O)NC(C)c3cccc(OC(F)F)c3)cc(C(C)C)nc21. The number of rotatable bonds is 8. The van der Waals surface area contributed by atoms with E-state index in [1.807, 2.05) is 20.8 Å². The summed E-state index contributed by atoms with van der Waals surface area (Å²) in [6.45, 7) is 4.72. The van der Waals surface area contributed by atoms with Crippen molar-refractivity contribution in [1.29, 1.82) is 0 Å². The first-order valence-electron chi connectivity index (χ1n) is 10.7. The Kier molecular flexibility index (Phi) is 7.25. The number of benzene rings is 1. The van der Waals surface area contributed by atoms with Gasteiger partial charge in [-0.25, -0.2) is 9.78 Å². The van der Waals surface area contributed by atoms with Gasteiger partial charge in [0.25, 0.3) is 11.5 Å². The van der Waals surface area contributed by atoms with E-state index in [4.69, 9.17) is 0 Å². The molecule has 176 valence electrons. The molecule has 0 aliphatic rings. The van der Waals surface area contributed by atoms with Crippen LogP contribution in [0.3, 0.4) is 0 Å². The molecule has 1 amide bonds. The van der Waals surface area contributed by atoms with Crippen LogP contribution in [0.2, 0.25) is 0 Å². The second kappa shape index (κ2) is 9.93. The Labute approximate surface area is 188 Å². The maximum absolute atomic E-state index is 13.3. The number of amides is 1. The van der Waals surface area contributed by atoms with E-state index >= 15 is 0 Å². The van der Waals surface area contributed by atoms with Gasteiger partial charge in [0.2, 0.25) is 0 Å². The minimum absolute atomic E-state index is 0.0203. The third-order valence-corrected chi connectivity index (χ3v) is 5.18. The van der Waals surface area contributed by atoms with Gasteiger partial charge in [-0.15, -0.1) is 0 Å². The van der Waals surface area contributed by atoms with Crippen molar-refractivity contribution in [3.63, 3.8) is 0 Å². The van der Waals surface area contributed by atoms with Crippen LogP contribution in [0.25, 0.3) is 11.0 Å². The number of aromatic amines is 1. The number of carbonyl (C=O) groups excluding carboxylic acids is 1. The average Bonchev–Trinajstić information content (AvgIpc) is 2.75. The standard InChI is InChI=1S/C23H26F2N4O4/c1-5-9-29-19-18(21(31)28-23(29)32)16(11-17(27-19)12(2)3)20(30)26-13(4)14-7-6-8-15(10-14)33-22(24)25/h6-8,10-13,22H,5,9H2,1-4H3,(H,26,30)(H,28,31,32). The Morgan fingerprint density at radius 1 is 1.21 bits per heavy atom. The maximum atomic E-state index is 13.3. The third kappa shape index (κ3) is 5.27. The van der Waals surface area contributed by atoms with Gasteiger partial charge in [-0.2, -0.15) is 8.78 Å². The molecule has 0 saturated heterocycles. The Balaban J connectivity index is 2.07. The van der Waals surface area contributed by atoms with E-state index in [1.165, 1.54) is 16.7 Å². The molecule has 0 saturated carbocycles. The van der Waals surface area contributed by atoms with Crippen LogP contribution in [-0.4, -0.2) is 27.1 Å². The number of pyridine rings is 1. The first-order chi connectivity index (χ1) is 15.6. The van der Waals surface area contributed by atoms with Crippen molar-refractivity contribution < 1.29 is 18.3 Å². The van der Waals surface area contributed by atoms with Crippen molar-refractivity contribution in [3.8, 4) is 5.75 Å². The fourth-order valence-electron chi connectivity index (χ4n) is 3.52. The molecular weight excluding hydrogens is 434 g/mol. The number of hydrogen-bond donors (Lipinski definition) is 2. The normalized spacial score (nSPS) is 12.4. The highest BCUT2D eigenvalue weighted by atomic mass is 19.3. The molecule has 3 aromatic rings. The number of aryl methyl sites for hydroxylation is 1. The van der Waals surface area contributed by atoms with Crippen molar-refractivity contribution in [2.75, 3.05) is 0 Å². The minimum Gasteiger partial charge on any atom is -0.435 e. The number of H-pyrrole nitrogens is 1. The lowest BCUT2D eigenvalue weighted by Crippen LogP contribution is -2.34. The Hall–Kier alpha value is -3.56. The zero-order chi connectivity index (χ0) is 24.3. The lowest BCUT2D eigenvalue weighted by molar-refractivity contribution is -0.0499. The summed E-state index contributed by atoms with van der Waals surface area (Å²) in [6.07, 6.45) is 0.629. The van der Waals surface area contributed by atoms with Crippen molar-refractivity contribution in [2.24, 2.45) is 0 Å². The first kappa shape index (κ1) is 24.1. The fourth-order valence-corrected chi connectivity index (χ4v) is 3.52. The smallest absolute Gasteiger partial charge is 0.387 e. The number of halogens is 2. The lowest BCUT2D eigenvalue weighted by atomic mass is 10.0. The van der Waals surface area contributed by atoms with Gasteiger partial charge in [-0.3, -0.25) is 19.1 Å². The third-order valence-electron chi connectivity index (χ3n) is 5.18. The molecule has 1 unspecified atom stereocenters. The molecular formula is C23H26F2N4O4. The van der Waals surface area contributed by atoms with Gasteiger partial charge in [0.05, 0.1) is 17.0 Å².